The molecule has 0 aliphatic heterocycles. The molecule has 4 nitrogen and oxygen atoms in total. The lowest BCUT2D eigenvalue weighted by molar-refractivity contribution is 0.218. The van der Waals surface area contributed by atoms with Crippen LogP contribution in [0.25, 0.3) is 0 Å². The first-order valence-electron chi connectivity index (χ1n) is 7.89. The molecule has 2 atom stereocenters. The summed E-state index contributed by atoms with van der Waals surface area (Å²) >= 11 is 0. The summed E-state index contributed by atoms with van der Waals surface area (Å²) in [7, 11) is 0. The van der Waals surface area contributed by atoms with Crippen LogP contribution in [0.2, 0.25) is 0 Å². The largest absolute Gasteiger partial charge is 0.492 e. The summed E-state index contributed by atoms with van der Waals surface area (Å²) in [6, 6.07) is 8.15. The van der Waals surface area contributed by atoms with E-state index in [-0.39, 0.29) is 6.03 Å². The molecule has 1 aliphatic carbocycles. The van der Waals surface area contributed by atoms with Gasteiger partial charge >= 0.3 is 6.03 Å². The lowest BCUT2D eigenvalue weighted by atomic mass is 9.86. The van der Waals surface area contributed by atoms with Crippen LogP contribution in [0, 0.1) is 12.8 Å². The van der Waals surface area contributed by atoms with Gasteiger partial charge in [-0.2, -0.15) is 0 Å². The Morgan fingerprint density at radius 3 is 2.90 bits per heavy atom. The van der Waals surface area contributed by atoms with Crippen molar-refractivity contribution >= 4 is 6.03 Å². The van der Waals surface area contributed by atoms with Crippen LogP contribution in [0.4, 0.5) is 4.79 Å². The van der Waals surface area contributed by atoms with Gasteiger partial charge in [0.2, 0.25) is 0 Å². The van der Waals surface area contributed by atoms with Crippen molar-refractivity contribution in [3.8, 4) is 5.75 Å². The molecule has 21 heavy (non-hydrogen) atoms. The van der Waals surface area contributed by atoms with Gasteiger partial charge in [0.25, 0.3) is 0 Å². The third kappa shape index (κ3) is 5.29. The molecule has 1 aromatic carbocycles. The van der Waals surface area contributed by atoms with E-state index in [1.165, 1.54) is 24.8 Å². The maximum absolute atomic E-state index is 11.8. The number of nitrogens with one attached hydrogen (secondary N) is 2. The highest BCUT2D eigenvalue weighted by Gasteiger charge is 2.22. The van der Waals surface area contributed by atoms with E-state index in [0.717, 1.165) is 12.2 Å². The highest BCUT2D eigenvalue weighted by molar-refractivity contribution is 5.74. The number of urea groups is 1. The number of benzene rings is 1. The molecular formula is C17H26N2O2. The van der Waals surface area contributed by atoms with Gasteiger partial charge in [-0.1, -0.05) is 31.9 Å². The van der Waals surface area contributed by atoms with Gasteiger partial charge in [0.1, 0.15) is 12.4 Å². The fourth-order valence-electron chi connectivity index (χ4n) is 2.79. The smallest absolute Gasteiger partial charge is 0.315 e. The molecule has 0 radical (unpaired) electrons. The second-order valence-corrected chi connectivity index (χ2v) is 5.93. The summed E-state index contributed by atoms with van der Waals surface area (Å²) in [5.74, 6) is 1.42. The van der Waals surface area contributed by atoms with Crippen LogP contribution < -0.4 is 15.4 Å². The monoisotopic (exact) mass is 290 g/mol. The van der Waals surface area contributed by atoms with E-state index in [9.17, 15) is 4.79 Å². The number of rotatable bonds is 5. The molecule has 2 unspecified atom stereocenters. The zero-order valence-electron chi connectivity index (χ0n) is 13.0. The minimum Gasteiger partial charge on any atom is -0.492 e. The molecular weight excluding hydrogens is 264 g/mol. The predicted octanol–water partition coefficient (Wildman–Crippen LogP) is 3.25. The topological polar surface area (TPSA) is 50.4 Å². The van der Waals surface area contributed by atoms with Crippen molar-refractivity contribution in [2.75, 3.05) is 13.2 Å². The summed E-state index contributed by atoms with van der Waals surface area (Å²) < 4.78 is 5.61. The van der Waals surface area contributed by atoms with Crippen LogP contribution in [0.1, 0.15) is 38.2 Å². The quantitative estimate of drug-likeness (QED) is 0.818. The second-order valence-electron chi connectivity index (χ2n) is 5.93. The van der Waals surface area contributed by atoms with E-state index < -0.39 is 0 Å². The number of amides is 2. The molecule has 1 aliphatic rings. The Hall–Kier alpha value is -1.71. The molecule has 4 heteroatoms. The highest BCUT2D eigenvalue weighted by atomic mass is 16.5. The van der Waals surface area contributed by atoms with Crippen LogP contribution in [-0.4, -0.2) is 25.2 Å². The van der Waals surface area contributed by atoms with Crippen molar-refractivity contribution in [3.63, 3.8) is 0 Å². The lowest BCUT2D eigenvalue weighted by Gasteiger charge is -2.29. The van der Waals surface area contributed by atoms with Crippen LogP contribution in [-0.2, 0) is 0 Å². The number of carbonyl (C=O) groups is 1. The third-order valence-electron chi connectivity index (χ3n) is 4.07. The third-order valence-corrected chi connectivity index (χ3v) is 4.07. The Bertz CT molecular complexity index is 462. The zero-order chi connectivity index (χ0) is 15.1. The first-order chi connectivity index (χ1) is 10.1. The van der Waals surface area contributed by atoms with E-state index in [1.54, 1.807) is 0 Å². The van der Waals surface area contributed by atoms with Gasteiger partial charge in [0.15, 0.2) is 0 Å². The Balaban J connectivity index is 1.63. The minimum absolute atomic E-state index is 0.0819. The van der Waals surface area contributed by atoms with Crippen molar-refractivity contribution in [2.24, 2.45) is 5.92 Å². The number of carbonyl (C=O) groups excluding carboxylic acids is 1. The highest BCUT2D eigenvalue weighted by Crippen LogP contribution is 2.23. The van der Waals surface area contributed by atoms with Crippen molar-refractivity contribution in [3.05, 3.63) is 29.8 Å². The minimum atomic E-state index is -0.0819. The summed E-state index contributed by atoms with van der Waals surface area (Å²) in [6.07, 6.45) is 4.80. The molecule has 1 aromatic rings. The van der Waals surface area contributed by atoms with Crippen LogP contribution in [0.3, 0.4) is 0 Å². The summed E-state index contributed by atoms with van der Waals surface area (Å²) in [4.78, 5) is 11.8. The fourth-order valence-corrected chi connectivity index (χ4v) is 2.79. The van der Waals surface area contributed by atoms with Gasteiger partial charge in [0, 0.05) is 6.04 Å². The Morgan fingerprint density at radius 1 is 1.33 bits per heavy atom. The molecule has 2 N–H and O–H groups in total. The Morgan fingerprint density at radius 2 is 2.14 bits per heavy atom. The second kappa shape index (κ2) is 7.91. The molecule has 2 amide bonds. The number of aryl methyl sites for hydroxylation is 1. The molecule has 0 aromatic heterocycles. The number of hydrogen-bond donors (Lipinski definition) is 2. The fraction of sp³-hybridized carbons (Fsp3) is 0.588. The van der Waals surface area contributed by atoms with Crippen LogP contribution in [0.5, 0.6) is 5.75 Å². The number of ether oxygens (including phenoxy) is 1. The van der Waals surface area contributed by atoms with Crippen molar-refractivity contribution in [1.82, 2.24) is 10.6 Å². The predicted molar refractivity (Wildman–Crippen MR) is 84.6 cm³/mol. The Labute approximate surface area is 127 Å². The summed E-state index contributed by atoms with van der Waals surface area (Å²) in [5, 5.41) is 5.93. The molecule has 1 fully saturated rings. The maximum atomic E-state index is 11.8. The molecule has 0 spiro atoms. The molecule has 2 rings (SSSR count). The van der Waals surface area contributed by atoms with Gasteiger partial charge in [-0.05, 0) is 43.4 Å². The average molecular weight is 290 g/mol. The first-order valence-corrected chi connectivity index (χ1v) is 7.89. The molecule has 0 heterocycles. The van der Waals surface area contributed by atoms with E-state index in [0.29, 0.717) is 25.1 Å². The first kappa shape index (κ1) is 15.7. The maximum Gasteiger partial charge on any atom is 0.315 e. The van der Waals surface area contributed by atoms with E-state index >= 15 is 0 Å². The normalized spacial score (nSPS) is 21.6. The van der Waals surface area contributed by atoms with E-state index in [2.05, 4.69) is 17.6 Å². The summed E-state index contributed by atoms with van der Waals surface area (Å²) in [5.41, 5.74) is 1.17. The van der Waals surface area contributed by atoms with Crippen molar-refractivity contribution in [1.29, 1.82) is 0 Å². The zero-order valence-corrected chi connectivity index (χ0v) is 13.0. The molecule has 116 valence electrons. The van der Waals surface area contributed by atoms with Gasteiger partial charge in [-0.25, -0.2) is 4.79 Å². The van der Waals surface area contributed by atoms with Gasteiger partial charge in [-0.3, -0.25) is 0 Å². The van der Waals surface area contributed by atoms with Crippen molar-refractivity contribution in [2.45, 2.75) is 45.6 Å². The molecule has 0 saturated heterocycles. The van der Waals surface area contributed by atoms with E-state index in [1.807, 2.05) is 31.2 Å². The van der Waals surface area contributed by atoms with E-state index in [4.69, 9.17) is 4.74 Å². The van der Waals surface area contributed by atoms with Gasteiger partial charge in [-0.15, -0.1) is 0 Å². The van der Waals surface area contributed by atoms with Crippen molar-refractivity contribution < 1.29 is 9.53 Å². The van der Waals surface area contributed by atoms with Crippen LogP contribution in [0.15, 0.2) is 24.3 Å². The Kier molecular flexibility index (Phi) is 5.90. The average Bonchev–Trinajstić information content (AvgIpc) is 2.46. The standard InChI is InChI=1S/C17H26N2O2/c1-13-6-5-8-15(12-13)21-11-10-18-17(20)19-16-9-4-3-7-14(16)2/h5-6,8,12,14,16H,3-4,7,9-11H2,1-2H3,(H2,18,19,20). The molecule has 1 saturated carbocycles. The van der Waals surface area contributed by atoms with Crippen LogP contribution >= 0.6 is 0 Å². The SMILES string of the molecule is Cc1cccc(OCCNC(=O)NC2CCCCC2C)c1. The molecule has 0 bridgehead atoms. The number of hydrogen-bond acceptors (Lipinski definition) is 2. The summed E-state index contributed by atoms with van der Waals surface area (Å²) in [6.45, 7) is 5.24. The van der Waals surface area contributed by atoms with Gasteiger partial charge < -0.3 is 15.4 Å². The lowest BCUT2D eigenvalue weighted by Crippen LogP contribution is -2.46. The van der Waals surface area contributed by atoms with Gasteiger partial charge in [0.05, 0.1) is 6.54 Å².